The van der Waals surface area contributed by atoms with Gasteiger partial charge < -0.3 is 10.8 Å². The second-order valence-electron chi connectivity index (χ2n) is 7.09. The van der Waals surface area contributed by atoms with Gasteiger partial charge in [-0.3, -0.25) is 4.98 Å². The molecule has 0 radical (unpaired) electrons. The number of aromatic nitrogens is 2. The van der Waals surface area contributed by atoms with Crippen LogP contribution in [0.5, 0.6) is 0 Å². The first-order chi connectivity index (χ1) is 14.4. The van der Waals surface area contributed by atoms with Crippen molar-refractivity contribution in [3.8, 4) is 22.4 Å². The quantitative estimate of drug-likeness (QED) is 0.647. The van der Waals surface area contributed by atoms with Crippen molar-refractivity contribution in [1.82, 2.24) is 14.3 Å². The smallest absolute Gasteiger partial charge is 0.246 e. The summed E-state index contributed by atoms with van der Waals surface area (Å²) >= 11 is 0. The van der Waals surface area contributed by atoms with Crippen molar-refractivity contribution in [2.24, 2.45) is 0 Å². The monoisotopic (exact) mass is 428 g/mol. The van der Waals surface area contributed by atoms with Crippen molar-refractivity contribution in [1.29, 1.82) is 0 Å². The molecule has 7 nitrogen and oxygen atoms in total. The number of anilines is 1. The topological polar surface area (TPSA) is 109 Å². The third kappa shape index (κ3) is 3.55. The summed E-state index contributed by atoms with van der Waals surface area (Å²) in [5.41, 5.74) is 6.58. The highest BCUT2D eigenvalue weighted by Gasteiger charge is 2.38. The predicted molar refractivity (Wildman–Crippen MR) is 111 cm³/mol. The molecule has 0 saturated carbocycles. The number of hydrogen-bond acceptors (Lipinski definition) is 6. The average Bonchev–Trinajstić information content (AvgIpc) is 3.25. The molecule has 3 N–H and O–H groups in total. The first-order valence-corrected chi connectivity index (χ1v) is 11.0. The highest BCUT2D eigenvalue weighted by Crippen LogP contribution is 2.38. The number of rotatable bonds is 5. The predicted octanol–water partition coefficient (Wildman–Crippen LogP) is 2.68. The molecule has 2 aromatic carbocycles. The minimum absolute atomic E-state index is 0.0144. The Bertz CT molecular complexity index is 1150. The minimum Gasteiger partial charge on any atom is -0.395 e. The molecule has 1 fully saturated rings. The molecule has 30 heavy (non-hydrogen) atoms. The molecule has 9 heteroatoms. The molecule has 1 saturated heterocycles. The van der Waals surface area contributed by atoms with E-state index in [-0.39, 0.29) is 35.8 Å². The van der Waals surface area contributed by atoms with Crippen molar-refractivity contribution >= 4 is 15.8 Å². The molecule has 1 aromatic heterocycles. The second-order valence-corrected chi connectivity index (χ2v) is 8.92. The lowest BCUT2D eigenvalue weighted by Gasteiger charge is -2.25. The van der Waals surface area contributed by atoms with Crippen LogP contribution in [-0.4, -0.2) is 47.0 Å². The molecular formula is C21H21FN4O3S. The highest BCUT2D eigenvalue weighted by atomic mass is 32.2. The summed E-state index contributed by atoms with van der Waals surface area (Å²) in [6, 6.07) is 11.3. The molecular weight excluding hydrogens is 407 g/mol. The van der Waals surface area contributed by atoms with Crippen LogP contribution in [0.25, 0.3) is 22.4 Å². The third-order valence-electron chi connectivity index (χ3n) is 5.23. The lowest BCUT2D eigenvalue weighted by Crippen LogP contribution is -2.38. The SMILES string of the molecule is Nc1cnc(-c2ccc(-c3ccccc3)c(S(=O)(=O)N3CCC[C@H]3CO)c2F)cn1. The zero-order valence-corrected chi connectivity index (χ0v) is 16.9. The Morgan fingerprint density at radius 2 is 1.83 bits per heavy atom. The van der Waals surface area contributed by atoms with Gasteiger partial charge in [0.15, 0.2) is 5.82 Å². The Balaban J connectivity index is 1.95. The van der Waals surface area contributed by atoms with Gasteiger partial charge in [-0.15, -0.1) is 0 Å². The van der Waals surface area contributed by atoms with Crippen LogP contribution < -0.4 is 5.73 Å². The van der Waals surface area contributed by atoms with E-state index >= 15 is 4.39 Å². The molecule has 0 bridgehead atoms. The van der Waals surface area contributed by atoms with Gasteiger partial charge in [-0.05, 0) is 24.5 Å². The second kappa shape index (κ2) is 8.10. The average molecular weight is 428 g/mol. The van der Waals surface area contributed by atoms with Gasteiger partial charge in [-0.1, -0.05) is 36.4 Å². The standard InChI is InChI=1S/C21H21FN4O3S/c22-20-17(18-11-25-19(23)12-24-18)9-8-16(14-5-2-1-3-6-14)21(20)30(28,29)26-10-4-7-15(26)13-27/h1-3,5-6,8-9,11-12,15,27H,4,7,10,13H2,(H2,23,25)/t15-/m0/s1. The summed E-state index contributed by atoms with van der Waals surface area (Å²) in [6.07, 6.45) is 3.73. The molecule has 0 spiro atoms. The van der Waals surface area contributed by atoms with Crippen molar-refractivity contribution in [2.75, 3.05) is 18.9 Å². The summed E-state index contributed by atoms with van der Waals surface area (Å²) in [5.74, 6) is -0.727. The van der Waals surface area contributed by atoms with Gasteiger partial charge in [0.05, 0.1) is 24.7 Å². The van der Waals surface area contributed by atoms with Gasteiger partial charge in [0.25, 0.3) is 0 Å². The molecule has 2 heterocycles. The maximum atomic E-state index is 15.8. The van der Waals surface area contributed by atoms with Crippen LogP contribution in [-0.2, 0) is 10.0 Å². The number of aliphatic hydroxyl groups is 1. The number of benzene rings is 2. The van der Waals surface area contributed by atoms with E-state index in [0.717, 1.165) is 0 Å². The first-order valence-electron chi connectivity index (χ1n) is 9.52. The molecule has 4 rings (SSSR count). The number of nitrogens with zero attached hydrogens (tertiary/aromatic N) is 3. The number of aliphatic hydroxyl groups excluding tert-OH is 1. The zero-order chi connectivity index (χ0) is 21.3. The van der Waals surface area contributed by atoms with Crippen molar-refractivity contribution < 1.29 is 17.9 Å². The Labute approximate surface area is 174 Å². The molecule has 0 aliphatic carbocycles. The van der Waals surface area contributed by atoms with Crippen LogP contribution in [0.3, 0.4) is 0 Å². The van der Waals surface area contributed by atoms with Gasteiger partial charge in [0, 0.05) is 23.7 Å². The van der Waals surface area contributed by atoms with E-state index in [9.17, 15) is 13.5 Å². The van der Waals surface area contributed by atoms with Crippen molar-refractivity contribution in [3.63, 3.8) is 0 Å². The van der Waals surface area contributed by atoms with Crippen molar-refractivity contribution in [3.05, 3.63) is 60.7 Å². The number of halogens is 1. The normalized spacial score (nSPS) is 17.3. The minimum atomic E-state index is -4.22. The molecule has 156 valence electrons. The maximum Gasteiger partial charge on any atom is 0.246 e. The van der Waals surface area contributed by atoms with E-state index in [0.29, 0.717) is 18.4 Å². The fraction of sp³-hybridized carbons (Fsp3) is 0.238. The largest absolute Gasteiger partial charge is 0.395 e. The van der Waals surface area contributed by atoms with E-state index in [1.54, 1.807) is 36.4 Å². The molecule has 0 unspecified atom stereocenters. The molecule has 0 amide bonds. The van der Waals surface area contributed by atoms with E-state index in [2.05, 4.69) is 9.97 Å². The van der Waals surface area contributed by atoms with E-state index in [1.165, 1.54) is 22.8 Å². The molecule has 1 aliphatic rings. The Morgan fingerprint density at radius 1 is 1.10 bits per heavy atom. The molecule has 1 aliphatic heterocycles. The van der Waals surface area contributed by atoms with E-state index < -0.39 is 26.8 Å². The Hall–Kier alpha value is -2.88. The van der Waals surface area contributed by atoms with Gasteiger partial charge >= 0.3 is 0 Å². The summed E-state index contributed by atoms with van der Waals surface area (Å²) in [4.78, 5) is 7.59. The highest BCUT2D eigenvalue weighted by molar-refractivity contribution is 7.89. The van der Waals surface area contributed by atoms with Crippen molar-refractivity contribution in [2.45, 2.75) is 23.8 Å². The van der Waals surface area contributed by atoms with Gasteiger partial charge in [-0.2, -0.15) is 4.31 Å². The fourth-order valence-electron chi connectivity index (χ4n) is 3.75. The number of sulfonamides is 1. The molecule has 1 atom stereocenters. The number of hydrogen-bond donors (Lipinski definition) is 2. The number of nitrogen functional groups attached to an aromatic ring is 1. The van der Waals surface area contributed by atoms with Gasteiger partial charge in [0.1, 0.15) is 10.7 Å². The summed E-state index contributed by atoms with van der Waals surface area (Å²) in [7, 11) is -4.22. The molecule has 3 aromatic rings. The van der Waals surface area contributed by atoms with Crippen LogP contribution >= 0.6 is 0 Å². The van der Waals surface area contributed by atoms with Gasteiger partial charge in [-0.25, -0.2) is 17.8 Å². The summed E-state index contributed by atoms with van der Waals surface area (Å²) in [6.45, 7) is -0.0855. The summed E-state index contributed by atoms with van der Waals surface area (Å²) in [5, 5.41) is 9.63. The first kappa shape index (κ1) is 20.4. The Morgan fingerprint density at radius 3 is 2.50 bits per heavy atom. The lowest BCUT2D eigenvalue weighted by atomic mass is 10.0. The fourth-order valence-corrected chi connectivity index (χ4v) is 5.72. The maximum absolute atomic E-state index is 15.8. The van der Waals surface area contributed by atoms with Crippen LogP contribution in [0, 0.1) is 5.82 Å². The third-order valence-corrected chi connectivity index (χ3v) is 7.24. The van der Waals surface area contributed by atoms with Crippen LogP contribution in [0.4, 0.5) is 10.2 Å². The van der Waals surface area contributed by atoms with Crippen LogP contribution in [0.1, 0.15) is 12.8 Å². The van der Waals surface area contributed by atoms with Crippen LogP contribution in [0.15, 0.2) is 59.8 Å². The summed E-state index contributed by atoms with van der Waals surface area (Å²) < 4.78 is 44.2. The Kier molecular flexibility index (Phi) is 5.50. The van der Waals surface area contributed by atoms with Gasteiger partial charge in [0.2, 0.25) is 10.0 Å². The van der Waals surface area contributed by atoms with E-state index in [4.69, 9.17) is 5.73 Å². The lowest BCUT2D eigenvalue weighted by molar-refractivity contribution is 0.213. The zero-order valence-electron chi connectivity index (χ0n) is 16.1. The number of nitrogens with two attached hydrogens (primary N) is 1. The van der Waals surface area contributed by atoms with E-state index in [1.807, 2.05) is 0 Å². The van der Waals surface area contributed by atoms with Crippen LogP contribution in [0.2, 0.25) is 0 Å².